The SMILES string of the molecule is CC1CN(c2nc(Cc3ccccc3)ns2)CCN1C(=O)NCc1ccccc1. The lowest BCUT2D eigenvalue weighted by Crippen LogP contribution is -2.56. The number of amides is 2. The Kier molecular flexibility index (Phi) is 6.05. The Morgan fingerprint density at radius 3 is 2.45 bits per heavy atom. The van der Waals surface area contributed by atoms with Crippen molar-refractivity contribution in [3.05, 3.63) is 77.6 Å². The Bertz CT molecular complexity index is 931. The lowest BCUT2D eigenvalue weighted by Gasteiger charge is -2.39. The Hall–Kier alpha value is -2.93. The summed E-state index contributed by atoms with van der Waals surface area (Å²) in [6, 6.07) is 20.3. The van der Waals surface area contributed by atoms with Gasteiger partial charge in [0.2, 0.25) is 5.13 Å². The van der Waals surface area contributed by atoms with E-state index in [-0.39, 0.29) is 12.1 Å². The zero-order chi connectivity index (χ0) is 20.1. The number of piperazine rings is 1. The molecule has 7 heteroatoms. The largest absolute Gasteiger partial charge is 0.343 e. The van der Waals surface area contributed by atoms with Gasteiger partial charge in [0.05, 0.1) is 0 Å². The summed E-state index contributed by atoms with van der Waals surface area (Å²) in [6.45, 7) is 4.84. The summed E-state index contributed by atoms with van der Waals surface area (Å²) in [5.74, 6) is 0.854. The van der Waals surface area contributed by atoms with Crippen molar-refractivity contribution in [2.45, 2.75) is 25.9 Å². The van der Waals surface area contributed by atoms with E-state index in [0.29, 0.717) is 13.1 Å². The van der Waals surface area contributed by atoms with Gasteiger partial charge in [0.25, 0.3) is 0 Å². The van der Waals surface area contributed by atoms with Gasteiger partial charge in [-0.2, -0.15) is 4.37 Å². The summed E-state index contributed by atoms with van der Waals surface area (Å²) < 4.78 is 4.52. The predicted octanol–water partition coefficient (Wildman–Crippen LogP) is 3.55. The van der Waals surface area contributed by atoms with Crippen LogP contribution in [0.15, 0.2) is 60.7 Å². The van der Waals surface area contributed by atoms with E-state index in [1.807, 2.05) is 53.4 Å². The first-order valence-electron chi connectivity index (χ1n) is 9.89. The molecule has 1 aliphatic heterocycles. The summed E-state index contributed by atoms with van der Waals surface area (Å²) in [7, 11) is 0. The Morgan fingerprint density at radius 1 is 1.07 bits per heavy atom. The van der Waals surface area contributed by atoms with Gasteiger partial charge < -0.3 is 15.1 Å². The zero-order valence-electron chi connectivity index (χ0n) is 16.5. The van der Waals surface area contributed by atoms with Crippen molar-refractivity contribution in [1.82, 2.24) is 19.6 Å². The van der Waals surface area contributed by atoms with E-state index < -0.39 is 0 Å². The van der Waals surface area contributed by atoms with Crippen LogP contribution in [0.1, 0.15) is 23.9 Å². The molecule has 2 amide bonds. The van der Waals surface area contributed by atoms with Crippen LogP contribution in [-0.2, 0) is 13.0 Å². The Balaban J connectivity index is 1.31. The van der Waals surface area contributed by atoms with E-state index in [4.69, 9.17) is 4.98 Å². The van der Waals surface area contributed by atoms with Gasteiger partial charge in [-0.25, -0.2) is 9.78 Å². The normalized spacial score (nSPS) is 16.7. The zero-order valence-corrected chi connectivity index (χ0v) is 17.3. The molecular formula is C22H25N5OS. The second-order valence-electron chi connectivity index (χ2n) is 7.29. The molecule has 1 unspecified atom stereocenters. The van der Waals surface area contributed by atoms with Crippen LogP contribution in [0.3, 0.4) is 0 Å². The molecule has 0 aliphatic carbocycles. The summed E-state index contributed by atoms with van der Waals surface area (Å²) in [6.07, 6.45) is 0.745. The second kappa shape index (κ2) is 9.05. The van der Waals surface area contributed by atoms with Crippen LogP contribution in [0.5, 0.6) is 0 Å². The fraction of sp³-hybridized carbons (Fsp3) is 0.318. The lowest BCUT2D eigenvalue weighted by atomic mass is 10.1. The number of anilines is 1. The molecule has 0 spiro atoms. The highest BCUT2D eigenvalue weighted by Gasteiger charge is 2.28. The van der Waals surface area contributed by atoms with Crippen molar-refractivity contribution >= 4 is 22.7 Å². The number of nitrogens with zero attached hydrogens (tertiary/aromatic N) is 4. The highest BCUT2D eigenvalue weighted by Crippen LogP contribution is 2.22. The highest BCUT2D eigenvalue weighted by molar-refractivity contribution is 7.09. The van der Waals surface area contributed by atoms with Crippen molar-refractivity contribution in [2.75, 3.05) is 24.5 Å². The molecule has 1 aliphatic rings. The first kappa shape index (κ1) is 19.4. The van der Waals surface area contributed by atoms with Crippen molar-refractivity contribution in [2.24, 2.45) is 0 Å². The average Bonchev–Trinajstić information content (AvgIpc) is 3.22. The van der Waals surface area contributed by atoms with E-state index in [1.165, 1.54) is 17.1 Å². The van der Waals surface area contributed by atoms with Gasteiger partial charge in [-0.3, -0.25) is 0 Å². The molecule has 6 nitrogen and oxygen atoms in total. The molecule has 1 aromatic heterocycles. The van der Waals surface area contributed by atoms with Gasteiger partial charge in [-0.1, -0.05) is 60.7 Å². The fourth-order valence-electron chi connectivity index (χ4n) is 3.53. The van der Waals surface area contributed by atoms with Crippen molar-refractivity contribution < 1.29 is 4.79 Å². The molecule has 2 heterocycles. The first-order chi connectivity index (χ1) is 14.2. The Morgan fingerprint density at radius 2 is 1.76 bits per heavy atom. The molecule has 4 rings (SSSR count). The molecule has 1 fully saturated rings. The average molecular weight is 408 g/mol. The van der Waals surface area contributed by atoms with Gasteiger partial charge in [0, 0.05) is 50.2 Å². The molecule has 0 saturated carbocycles. The number of aromatic nitrogens is 2. The number of urea groups is 1. The minimum atomic E-state index is -0.0111. The maximum absolute atomic E-state index is 12.6. The maximum Gasteiger partial charge on any atom is 0.318 e. The van der Waals surface area contributed by atoms with Gasteiger partial charge in [-0.15, -0.1) is 0 Å². The minimum absolute atomic E-state index is 0.0111. The summed E-state index contributed by atoms with van der Waals surface area (Å²) >= 11 is 1.44. The monoisotopic (exact) mass is 407 g/mol. The third-order valence-corrected chi connectivity index (χ3v) is 5.92. The molecule has 1 saturated heterocycles. The van der Waals surface area contributed by atoms with Gasteiger partial charge in [0.1, 0.15) is 5.82 Å². The lowest BCUT2D eigenvalue weighted by molar-refractivity contribution is 0.171. The van der Waals surface area contributed by atoms with Crippen LogP contribution >= 0.6 is 11.5 Å². The molecule has 0 bridgehead atoms. The van der Waals surface area contributed by atoms with E-state index in [0.717, 1.165) is 36.0 Å². The standard InChI is InChI=1S/C22H25N5OS/c1-17-16-26(22-24-20(25-29-22)14-18-8-4-2-5-9-18)12-13-27(17)21(28)23-15-19-10-6-3-7-11-19/h2-11,17H,12-16H2,1H3,(H,23,28). The molecule has 150 valence electrons. The third-order valence-electron chi connectivity index (χ3n) is 5.11. The van der Waals surface area contributed by atoms with Crippen molar-refractivity contribution in [3.8, 4) is 0 Å². The quantitative estimate of drug-likeness (QED) is 0.703. The van der Waals surface area contributed by atoms with Crippen molar-refractivity contribution in [3.63, 3.8) is 0 Å². The summed E-state index contributed by atoms with van der Waals surface area (Å²) in [5.41, 5.74) is 2.32. The van der Waals surface area contributed by atoms with Crippen LogP contribution in [0.4, 0.5) is 9.93 Å². The topological polar surface area (TPSA) is 61.4 Å². The van der Waals surface area contributed by atoms with Crippen LogP contribution in [0.2, 0.25) is 0 Å². The molecule has 2 aromatic carbocycles. The minimum Gasteiger partial charge on any atom is -0.343 e. The first-order valence-corrected chi connectivity index (χ1v) is 10.7. The molecule has 29 heavy (non-hydrogen) atoms. The van der Waals surface area contributed by atoms with Gasteiger partial charge >= 0.3 is 6.03 Å². The molecule has 1 N–H and O–H groups in total. The van der Waals surface area contributed by atoms with Crippen LogP contribution in [0, 0.1) is 0 Å². The van der Waals surface area contributed by atoms with Crippen LogP contribution in [-0.4, -0.2) is 46.0 Å². The van der Waals surface area contributed by atoms with E-state index >= 15 is 0 Å². The second-order valence-corrected chi connectivity index (χ2v) is 8.02. The number of hydrogen-bond acceptors (Lipinski definition) is 5. The maximum atomic E-state index is 12.6. The van der Waals surface area contributed by atoms with Crippen LogP contribution in [0.25, 0.3) is 0 Å². The smallest absolute Gasteiger partial charge is 0.318 e. The number of nitrogens with one attached hydrogen (secondary N) is 1. The molecule has 3 aromatic rings. The van der Waals surface area contributed by atoms with Crippen LogP contribution < -0.4 is 10.2 Å². The highest BCUT2D eigenvalue weighted by atomic mass is 32.1. The molecule has 0 radical (unpaired) electrons. The third kappa shape index (κ3) is 4.92. The molecular weight excluding hydrogens is 382 g/mol. The van der Waals surface area contributed by atoms with Crippen molar-refractivity contribution in [1.29, 1.82) is 0 Å². The number of hydrogen-bond donors (Lipinski definition) is 1. The Labute approximate surface area is 175 Å². The summed E-state index contributed by atoms with van der Waals surface area (Å²) in [4.78, 5) is 21.5. The molecule has 1 atom stereocenters. The number of carbonyl (C=O) groups excluding carboxylic acids is 1. The number of carbonyl (C=O) groups is 1. The predicted molar refractivity (Wildman–Crippen MR) is 116 cm³/mol. The number of benzene rings is 2. The van der Waals surface area contributed by atoms with E-state index in [9.17, 15) is 4.79 Å². The summed E-state index contributed by atoms with van der Waals surface area (Å²) in [5, 5.41) is 3.97. The van der Waals surface area contributed by atoms with E-state index in [1.54, 1.807) is 0 Å². The number of rotatable bonds is 5. The van der Waals surface area contributed by atoms with E-state index in [2.05, 4.69) is 33.6 Å². The van der Waals surface area contributed by atoms with Gasteiger partial charge in [0.15, 0.2) is 0 Å². The van der Waals surface area contributed by atoms with Gasteiger partial charge in [-0.05, 0) is 18.1 Å². The fourth-order valence-corrected chi connectivity index (χ4v) is 4.25.